The summed E-state index contributed by atoms with van der Waals surface area (Å²) in [6.45, 7) is 1.09. The SMILES string of the molecule is N[C@@H]1C[C@H](C(=O)N2CCc3oc(-c4ccccc4)nc3C2)C[C@H]1O. The van der Waals surface area contributed by atoms with E-state index in [0.717, 1.165) is 17.0 Å². The van der Waals surface area contributed by atoms with Gasteiger partial charge < -0.3 is 20.2 Å². The highest BCUT2D eigenvalue weighted by atomic mass is 16.4. The Morgan fingerprint density at radius 1 is 1.29 bits per heavy atom. The number of amides is 1. The Morgan fingerprint density at radius 3 is 2.79 bits per heavy atom. The van der Waals surface area contributed by atoms with E-state index >= 15 is 0 Å². The van der Waals surface area contributed by atoms with Crippen LogP contribution in [0.15, 0.2) is 34.7 Å². The van der Waals surface area contributed by atoms with Crippen molar-refractivity contribution >= 4 is 5.91 Å². The summed E-state index contributed by atoms with van der Waals surface area (Å²) in [6.07, 6.45) is 1.10. The fraction of sp³-hybridized carbons (Fsp3) is 0.444. The van der Waals surface area contributed by atoms with Crippen molar-refractivity contribution in [3.8, 4) is 11.5 Å². The van der Waals surface area contributed by atoms with Gasteiger partial charge in [-0.1, -0.05) is 18.2 Å². The monoisotopic (exact) mass is 327 g/mol. The molecule has 4 rings (SSSR count). The number of carbonyl (C=O) groups is 1. The molecule has 2 aliphatic rings. The van der Waals surface area contributed by atoms with Crippen molar-refractivity contribution in [3.05, 3.63) is 41.8 Å². The van der Waals surface area contributed by atoms with Gasteiger partial charge in [0.2, 0.25) is 11.8 Å². The van der Waals surface area contributed by atoms with Gasteiger partial charge in [-0.05, 0) is 25.0 Å². The molecule has 6 heteroatoms. The third-order valence-electron chi connectivity index (χ3n) is 4.99. The number of rotatable bonds is 2. The zero-order chi connectivity index (χ0) is 16.7. The summed E-state index contributed by atoms with van der Waals surface area (Å²) >= 11 is 0. The normalized spacial score (nSPS) is 26.4. The fourth-order valence-electron chi connectivity index (χ4n) is 3.60. The van der Waals surface area contributed by atoms with Crippen LogP contribution in [0.5, 0.6) is 0 Å². The number of oxazole rings is 1. The highest BCUT2D eigenvalue weighted by Gasteiger charge is 2.38. The second-order valence-corrected chi connectivity index (χ2v) is 6.66. The Kier molecular flexibility index (Phi) is 3.86. The Balaban J connectivity index is 1.50. The zero-order valence-electron chi connectivity index (χ0n) is 13.4. The molecule has 1 aromatic heterocycles. The number of benzene rings is 1. The molecule has 0 bridgehead atoms. The average Bonchev–Trinajstić information content (AvgIpc) is 3.18. The molecule has 1 saturated carbocycles. The van der Waals surface area contributed by atoms with Gasteiger partial charge in [-0.2, -0.15) is 0 Å². The summed E-state index contributed by atoms with van der Waals surface area (Å²) in [6, 6.07) is 9.47. The average molecular weight is 327 g/mol. The van der Waals surface area contributed by atoms with E-state index in [1.165, 1.54) is 0 Å². The van der Waals surface area contributed by atoms with Crippen LogP contribution in [0.1, 0.15) is 24.3 Å². The Hall–Kier alpha value is -2.18. The molecule has 0 radical (unpaired) electrons. The van der Waals surface area contributed by atoms with Crippen LogP contribution in [0.2, 0.25) is 0 Å². The zero-order valence-corrected chi connectivity index (χ0v) is 13.4. The Bertz CT molecular complexity index is 733. The molecule has 1 aliphatic heterocycles. The molecule has 0 unspecified atom stereocenters. The first-order valence-electron chi connectivity index (χ1n) is 8.38. The number of hydrogen-bond acceptors (Lipinski definition) is 5. The predicted octanol–water partition coefficient (Wildman–Crippen LogP) is 1.32. The van der Waals surface area contributed by atoms with Crippen LogP contribution < -0.4 is 5.73 Å². The standard InChI is InChI=1S/C18H21N3O3/c19-13-8-12(9-15(13)22)18(23)21-7-6-16-14(10-21)20-17(24-16)11-4-2-1-3-5-11/h1-5,12-13,15,22H,6-10,19H2/t12-,13+,15+/m0/s1. The van der Waals surface area contributed by atoms with Crippen LogP contribution in [0, 0.1) is 5.92 Å². The van der Waals surface area contributed by atoms with Crippen LogP contribution in [-0.4, -0.2) is 39.6 Å². The van der Waals surface area contributed by atoms with Gasteiger partial charge in [-0.15, -0.1) is 0 Å². The molecular formula is C18H21N3O3. The van der Waals surface area contributed by atoms with Crippen LogP contribution in [0.3, 0.4) is 0 Å². The van der Waals surface area contributed by atoms with E-state index in [0.29, 0.717) is 38.2 Å². The maximum atomic E-state index is 12.7. The minimum absolute atomic E-state index is 0.0666. The molecule has 1 aliphatic carbocycles. The van der Waals surface area contributed by atoms with Gasteiger partial charge >= 0.3 is 0 Å². The molecule has 3 N–H and O–H groups in total. The molecule has 24 heavy (non-hydrogen) atoms. The molecule has 2 aromatic rings. The molecule has 0 saturated heterocycles. The van der Waals surface area contributed by atoms with E-state index in [-0.39, 0.29) is 17.9 Å². The van der Waals surface area contributed by atoms with Crippen molar-refractivity contribution in [2.75, 3.05) is 6.54 Å². The van der Waals surface area contributed by atoms with Crippen molar-refractivity contribution < 1.29 is 14.3 Å². The van der Waals surface area contributed by atoms with Crippen LogP contribution in [0.4, 0.5) is 0 Å². The van der Waals surface area contributed by atoms with Gasteiger partial charge in [-0.25, -0.2) is 4.98 Å². The van der Waals surface area contributed by atoms with Crippen molar-refractivity contribution in [2.24, 2.45) is 11.7 Å². The maximum Gasteiger partial charge on any atom is 0.226 e. The molecule has 126 valence electrons. The molecule has 0 spiro atoms. The van der Waals surface area contributed by atoms with Crippen LogP contribution in [0.25, 0.3) is 11.5 Å². The van der Waals surface area contributed by atoms with Crippen molar-refractivity contribution in [2.45, 2.75) is 38.0 Å². The van der Waals surface area contributed by atoms with E-state index in [2.05, 4.69) is 4.98 Å². The topological polar surface area (TPSA) is 92.6 Å². The smallest absolute Gasteiger partial charge is 0.226 e. The summed E-state index contributed by atoms with van der Waals surface area (Å²) < 4.78 is 5.87. The quantitative estimate of drug-likeness (QED) is 0.868. The number of carbonyl (C=O) groups excluding carboxylic acids is 1. The number of nitrogens with zero attached hydrogens (tertiary/aromatic N) is 2. The summed E-state index contributed by atoms with van der Waals surface area (Å²) in [5.41, 5.74) is 7.60. The van der Waals surface area contributed by atoms with E-state index < -0.39 is 6.10 Å². The number of aromatic nitrogens is 1. The number of aliphatic hydroxyl groups is 1. The number of fused-ring (bicyclic) bond motifs is 1. The molecule has 3 atom stereocenters. The lowest BCUT2D eigenvalue weighted by molar-refractivity contribution is -0.136. The van der Waals surface area contributed by atoms with Crippen molar-refractivity contribution in [1.82, 2.24) is 9.88 Å². The molecule has 1 fully saturated rings. The molecule has 1 aromatic carbocycles. The highest BCUT2D eigenvalue weighted by Crippen LogP contribution is 2.30. The summed E-state index contributed by atoms with van der Waals surface area (Å²) in [5.74, 6) is 1.35. The van der Waals surface area contributed by atoms with Gasteiger partial charge in [-0.3, -0.25) is 4.79 Å². The summed E-state index contributed by atoms with van der Waals surface area (Å²) in [4.78, 5) is 19.1. The Morgan fingerprint density at radius 2 is 2.08 bits per heavy atom. The minimum Gasteiger partial charge on any atom is -0.441 e. The van der Waals surface area contributed by atoms with Gasteiger partial charge in [0.05, 0.1) is 12.6 Å². The first-order valence-corrected chi connectivity index (χ1v) is 8.38. The van der Waals surface area contributed by atoms with Crippen LogP contribution >= 0.6 is 0 Å². The van der Waals surface area contributed by atoms with Crippen molar-refractivity contribution in [1.29, 1.82) is 0 Å². The van der Waals surface area contributed by atoms with E-state index in [1.807, 2.05) is 35.2 Å². The molecule has 2 heterocycles. The number of nitrogens with two attached hydrogens (primary N) is 1. The molecule has 1 amide bonds. The first-order chi connectivity index (χ1) is 11.6. The third-order valence-corrected chi connectivity index (χ3v) is 4.99. The lowest BCUT2D eigenvalue weighted by atomic mass is 10.0. The van der Waals surface area contributed by atoms with Gasteiger partial charge in [0.1, 0.15) is 11.5 Å². The van der Waals surface area contributed by atoms with E-state index in [9.17, 15) is 9.90 Å². The molecule has 6 nitrogen and oxygen atoms in total. The van der Waals surface area contributed by atoms with Gasteiger partial charge in [0.15, 0.2) is 0 Å². The van der Waals surface area contributed by atoms with E-state index in [1.54, 1.807) is 0 Å². The second kappa shape index (κ2) is 6.03. The predicted molar refractivity (Wildman–Crippen MR) is 87.8 cm³/mol. The number of hydrogen-bond donors (Lipinski definition) is 2. The fourth-order valence-corrected chi connectivity index (χ4v) is 3.60. The van der Waals surface area contributed by atoms with Crippen LogP contribution in [-0.2, 0) is 17.8 Å². The lowest BCUT2D eigenvalue weighted by Gasteiger charge is -2.27. The number of aliphatic hydroxyl groups excluding tert-OH is 1. The largest absolute Gasteiger partial charge is 0.441 e. The summed E-state index contributed by atoms with van der Waals surface area (Å²) in [7, 11) is 0. The molecular weight excluding hydrogens is 306 g/mol. The summed E-state index contributed by atoms with van der Waals surface area (Å²) in [5, 5.41) is 9.78. The second-order valence-electron chi connectivity index (χ2n) is 6.66. The lowest BCUT2D eigenvalue weighted by Crippen LogP contribution is -2.39. The van der Waals surface area contributed by atoms with Crippen molar-refractivity contribution in [3.63, 3.8) is 0 Å². The minimum atomic E-state index is -0.573. The Labute approximate surface area is 140 Å². The first kappa shape index (κ1) is 15.4. The van der Waals surface area contributed by atoms with E-state index in [4.69, 9.17) is 10.2 Å². The highest BCUT2D eigenvalue weighted by molar-refractivity contribution is 5.79. The third kappa shape index (κ3) is 2.72. The van der Waals surface area contributed by atoms with Gasteiger partial charge in [0.25, 0.3) is 0 Å². The maximum absolute atomic E-state index is 12.7. The van der Waals surface area contributed by atoms with Gasteiger partial charge in [0, 0.05) is 30.5 Å².